The first-order chi connectivity index (χ1) is 13.9. The van der Waals surface area contributed by atoms with E-state index in [0.717, 1.165) is 24.1 Å². The van der Waals surface area contributed by atoms with Crippen LogP contribution in [-0.4, -0.2) is 36.2 Å². The minimum atomic E-state index is -0.892. The minimum absolute atomic E-state index is 0.137. The number of rotatable bonds is 6. The van der Waals surface area contributed by atoms with Crippen molar-refractivity contribution in [1.29, 1.82) is 0 Å². The van der Waals surface area contributed by atoms with Crippen LogP contribution in [0.1, 0.15) is 33.8 Å². The van der Waals surface area contributed by atoms with Gasteiger partial charge in [0, 0.05) is 23.9 Å². The average Bonchev–Trinajstić information content (AvgIpc) is 2.71. The van der Waals surface area contributed by atoms with E-state index in [1.165, 1.54) is 0 Å². The van der Waals surface area contributed by atoms with Gasteiger partial charge in [-0.15, -0.1) is 0 Å². The number of hydrogen-bond donors (Lipinski definition) is 3. The fraction of sp³-hybridized carbons (Fsp3) is 0.190. The molecule has 3 aromatic rings. The van der Waals surface area contributed by atoms with E-state index >= 15 is 0 Å². The van der Waals surface area contributed by atoms with Crippen LogP contribution in [0, 0.1) is 0 Å². The van der Waals surface area contributed by atoms with E-state index in [0.29, 0.717) is 11.3 Å². The number of aromatic nitrogens is 1. The van der Waals surface area contributed by atoms with Crippen molar-refractivity contribution in [1.82, 2.24) is 4.98 Å². The molecule has 8 nitrogen and oxygen atoms in total. The molecule has 4 N–H and O–H groups in total. The maximum Gasteiger partial charge on any atom is 0.343 e. The van der Waals surface area contributed by atoms with E-state index in [4.69, 9.17) is 10.5 Å². The van der Waals surface area contributed by atoms with Gasteiger partial charge in [-0.2, -0.15) is 0 Å². The van der Waals surface area contributed by atoms with Gasteiger partial charge in [-0.25, -0.2) is 4.79 Å². The second-order valence-corrected chi connectivity index (χ2v) is 6.41. The highest BCUT2D eigenvalue weighted by Gasteiger charge is 2.28. The topological polar surface area (TPSA) is 132 Å². The number of pyridine rings is 1. The summed E-state index contributed by atoms with van der Waals surface area (Å²) in [6.07, 6.45) is 0.818. The molecule has 150 valence electrons. The third-order valence-corrected chi connectivity index (χ3v) is 4.77. The summed E-state index contributed by atoms with van der Waals surface area (Å²) in [5.41, 5.74) is 5.04. The van der Waals surface area contributed by atoms with E-state index in [1.54, 1.807) is 19.2 Å². The van der Waals surface area contributed by atoms with Gasteiger partial charge in [-0.05, 0) is 17.0 Å². The van der Waals surface area contributed by atoms with Crippen LogP contribution >= 0.6 is 0 Å². The molecule has 0 saturated heterocycles. The summed E-state index contributed by atoms with van der Waals surface area (Å²) < 4.78 is 10.0. The van der Waals surface area contributed by atoms with Crippen LogP contribution in [0.4, 0.5) is 0 Å². The van der Waals surface area contributed by atoms with Crippen LogP contribution in [-0.2, 0) is 9.53 Å². The summed E-state index contributed by atoms with van der Waals surface area (Å²) in [4.78, 5) is 38.8. The highest BCUT2D eigenvalue weighted by atomic mass is 16.5. The van der Waals surface area contributed by atoms with E-state index in [2.05, 4.69) is 9.72 Å². The molecule has 0 spiro atoms. The number of aromatic hydroxyl groups is 1. The normalized spacial score (nSPS) is 11.8. The Balaban J connectivity index is 2.33. The van der Waals surface area contributed by atoms with Crippen molar-refractivity contribution in [2.45, 2.75) is 12.3 Å². The molecule has 0 bridgehead atoms. The third kappa shape index (κ3) is 3.64. The van der Waals surface area contributed by atoms with Crippen molar-refractivity contribution in [3.63, 3.8) is 0 Å². The summed E-state index contributed by atoms with van der Waals surface area (Å²) in [5, 5.41) is 12.2. The standard InChI is InChI=1S/C21H20N2O6/c1-28-16-8-7-12(11-5-3-4-6-13(11)16)14(9-17(22)24)18-19(25)15(21(27)29-2)10-23-20(18)26/h3-8,10,14H,9H2,1-2H3,(H2,22,24)(H2,23,25,26)/t14-/m0/s1. The quantitative estimate of drug-likeness (QED) is 0.546. The molecule has 2 aromatic carbocycles. The minimum Gasteiger partial charge on any atom is -0.506 e. The zero-order valence-electron chi connectivity index (χ0n) is 15.9. The highest BCUT2D eigenvalue weighted by Crippen LogP contribution is 2.39. The molecule has 29 heavy (non-hydrogen) atoms. The van der Waals surface area contributed by atoms with Crippen molar-refractivity contribution in [2.75, 3.05) is 14.2 Å². The Morgan fingerprint density at radius 1 is 1.14 bits per heavy atom. The summed E-state index contributed by atoms with van der Waals surface area (Å²) in [5.74, 6) is -2.32. The van der Waals surface area contributed by atoms with Gasteiger partial charge in [0.2, 0.25) is 5.91 Å². The number of esters is 1. The predicted molar refractivity (Wildman–Crippen MR) is 106 cm³/mol. The lowest BCUT2D eigenvalue weighted by molar-refractivity contribution is -0.118. The van der Waals surface area contributed by atoms with Gasteiger partial charge in [0.05, 0.1) is 19.8 Å². The maximum absolute atomic E-state index is 12.6. The predicted octanol–water partition coefficient (Wildman–Crippen LogP) is 2.04. The Bertz CT molecular complexity index is 1150. The summed E-state index contributed by atoms with van der Waals surface area (Å²) in [7, 11) is 2.70. The lowest BCUT2D eigenvalue weighted by Gasteiger charge is -2.20. The summed E-state index contributed by atoms with van der Waals surface area (Å²) in [6, 6.07) is 10.7. The Kier molecular flexibility index (Phi) is 5.54. The number of ether oxygens (including phenoxy) is 2. The number of aromatic amines is 1. The van der Waals surface area contributed by atoms with Crippen molar-refractivity contribution in [3.05, 3.63) is 69.6 Å². The van der Waals surface area contributed by atoms with Gasteiger partial charge in [0.1, 0.15) is 17.1 Å². The molecular formula is C21H20N2O6. The number of carbonyl (C=O) groups is 2. The van der Waals surface area contributed by atoms with Crippen LogP contribution in [0.3, 0.4) is 0 Å². The number of nitrogens with one attached hydrogen (secondary N) is 1. The zero-order valence-corrected chi connectivity index (χ0v) is 15.9. The monoisotopic (exact) mass is 396 g/mol. The van der Waals surface area contributed by atoms with E-state index in [-0.39, 0.29) is 17.5 Å². The molecule has 0 unspecified atom stereocenters. The van der Waals surface area contributed by atoms with Crippen LogP contribution in [0.2, 0.25) is 0 Å². The fourth-order valence-electron chi connectivity index (χ4n) is 3.47. The molecule has 3 rings (SSSR count). The average molecular weight is 396 g/mol. The number of fused-ring (bicyclic) bond motifs is 1. The van der Waals surface area contributed by atoms with E-state index < -0.39 is 29.1 Å². The van der Waals surface area contributed by atoms with Crippen LogP contribution in [0.15, 0.2) is 47.4 Å². The maximum atomic E-state index is 12.6. The highest BCUT2D eigenvalue weighted by molar-refractivity contribution is 5.94. The number of H-pyrrole nitrogens is 1. The Hall–Kier alpha value is -3.81. The van der Waals surface area contributed by atoms with E-state index in [9.17, 15) is 19.5 Å². The number of hydrogen-bond acceptors (Lipinski definition) is 6. The van der Waals surface area contributed by atoms with Gasteiger partial charge < -0.3 is 25.3 Å². The molecule has 8 heteroatoms. The number of carbonyl (C=O) groups excluding carboxylic acids is 2. The molecule has 1 aromatic heterocycles. The molecule has 1 heterocycles. The molecule has 0 aliphatic carbocycles. The third-order valence-electron chi connectivity index (χ3n) is 4.77. The Labute approximate surface area is 165 Å². The lowest BCUT2D eigenvalue weighted by Crippen LogP contribution is -2.24. The number of primary amides is 1. The first-order valence-electron chi connectivity index (χ1n) is 8.75. The van der Waals surface area contributed by atoms with Crippen LogP contribution in [0.5, 0.6) is 11.5 Å². The second-order valence-electron chi connectivity index (χ2n) is 6.41. The molecular weight excluding hydrogens is 376 g/mol. The summed E-state index contributed by atoms with van der Waals surface area (Å²) in [6.45, 7) is 0. The lowest BCUT2D eigenvalue weighted by atomic mass is 9.84. The Morgan fingerprint density at radius 3 is 2.45 bits per heavy atom. The zero-order chi connectivity index (χ0) is 21.1. The van der Waals surface area contributed by atoms with Gasteiger partial charge in [0.15, 0.2) is 0 Å². The van der Waals surface area contributed by atoms with Gasteiger partial charge in [0.25, 0.3) is 5.56 Å². The van der Waals surface area contributed by atoms with Crippen molar-refractivity contribution in [3.8, 4) is 11.5 Å². The molecule has 0 fully saturated rings. The van der Waals surface area contributed by atoms with Crippen LogP contribution < -0.4 is 16.0 Å². The number of benzene rings is 2. The molecule has 0 aliphatic heterocycles. The molecule has 0 saturated carbocycles. The van der Waals surface area contributed by atoms with Gasteiger partial charge in [-0.3, -0.25) is 9.59 Å². The van der Waals surface area contributed by atoms with Crippen LogP contribution in [0.25, 0.3) is 10.8 Å². The van der Waals surface area contributed by atoms with Gasteiger partial charge in [-0.1, -0.05) is 30.3 Å². The van der Waals surface area contributed by atoms with Crippen molar-refractivity contribution >= 4 is 22.6 Å². The van der Waals surface area contributed by atoms with Crippen molar-refractivity contribution < 1.29 is 24.2 Å². The largest absolute Gasteiger partial charge is 0.506 e. The van der Waals surface area contributed by atoms with Gasteiger partial charge >= 0.3 is 5.97 Å². The Morgan fingerprint density at radius 2 is 1.83 bits per heavy atom. The summed E-state index contributed by atoms with van der Waals surface area (Å²) >= 11 is 0. The second kappa shape index (κ2) is 8.05. The number of amides is 1. The van der Waals surface area contributed by atoms with Crippen molar-refractivity contribution in [2.24, 2.45) is 5.73 Å². The molecule has 1 atom stereocenters. The molecule has 0 radical (unpaired) electrons. The molecule has 0 aliphatic rings. The fourth-order valence-corrected chi connectivity index (χ4v) is 3.47. The molecule has 1 amide bonds. The number of nitrogens with two attached hydrogens (primary N) is 1. The first-order valence-corrected chi connectivity index (χ1v) is 8.75. The number of methoxy groups -OCH3 is 2. The SMILES string of the molecule is COC(=O)c1c[nH]c(=O)c([C@@H](CC(N)=O)c2ccc(OC)c3ccccc23)c1O. The van der Waals surface area contributed by atoms with E-state index in [1.807, 2.05) is 24.3 Å². The smallest absolute Gasteiger partial charge is 0.343 e. The first kappa shape index (κ1) is 19.9.